The van der Waals surface area contributed by atoms with Crippen molar-refractivity contribution in [3.05, 3.63) is 65.7 Å². The van der Waals surface area contributed by atoms with Crippen LogP contribution < -0.4 is 10.1 Å². The number of carbonyl (C=O) groups is 1. The zero-order chi connectivity index (χ0) is 17.9. The molecule has 0 aliphatic rings. The van der Waals surface area contributed by atoms with E-state index in [0.717, 1.165) is 17.3 Å². The maximum Gasteiger partial charge on any atom is 0.220 e. The number of amides is 1. The number of para-hydroxylation sites is 1. The highest BCUT2D eigenvalue weighted by molar-refractivity contribution is 7.98. The molecule has 2 aromatic carbocycles. The third-order valence-corrected chi connectivity index (χ3v) is 4.84. The van der Waals surface area contributed by atoms with Crippen molar-refractivity contribution in [2.45, 2.75) is 31.9 Å². The molecule has 0 saturated carbocycles. The first-order valence-corrected chi connectivity index (χ1v) is 9.92. The predicted octanol–water partition coefficient (Wildman–Crippen LogP) is 4.63. The zero-order valence-electron chi connectivity index (χ0n) is 15.0. The van der Waals surface area contributed by atoms with Gasteiger partial charge in [-0.15, -0.1) is 0 Å². The summed E-state index contributed by atoms with van der Waals surface area (Å²) in [5.74, 6) is 3.19. The van der Waals surface area contributed by atoms with Crippen molar-refractivity contribution in [1.29, 1.82) is 0 Å². The van der Waals surface area contributed by atoms with Gasteiger partial charge in [0.05, 0.1) is 6.54 Å². The van der Waals surface area contributed by atoms with E-state index in [1.165, 1.54) is 11.1 Å². The van der Waals surface area contributed by atoms with Gasteiger partial charge in [-0.1, -0.05) is 62.4 Å². The fourth-order valence-electron chi connectivity index (χ4n) is 2.46. The summed E-state index contributed by atoms with van der Waals surface area (Å²) in [5.41, 5.74) is 2.50. The van der Waals surface area contributed by atoms with Crippen LogP contribution in [0.3, 0.4) is 0 Å². The first-order chi connectivity index (χ1) is 12.2. The molecule has 2 aromatic rings. The maximum absolute atomic E-state index is 11.9. The van der Waals surface area contributed by atoms with E-state index in [4.69, 9.17) is 4.74 Å². The minimum Gasteiger partial charge on any atom is -0.491 e. The van der Waals surface area contributed by atoms with Crippen LogP contribution in [0, 0.1) is 0 Å². The van der Waals surface area contributed by atoms with E-state index in [9.17, 15) is 4.79 Å². The van der Waals surface area contributed by atoms with E-state index in [1.54, 1.807) is 11.8 Å². The van der Waals surface area contributed by atoms with Crippen LogP contribution in [-0.4, -0.2) is 24.8 Å². The Bertz CT molecular complexity index is 643. The molecule has 0 radical (unpaired) electrons. The lowest BCUT2D eigenvalue weighted by atomic mass is 10.0. The van der Waals surface area contributed by atoms with Crippen LogP contribution in [0.15, 0.2) is 54.6 Å². The van der Waals surface area contributed by atoms with E-state index >= 15 is 0 Å². The SMILES string of the molecule is CC(C)c1ccccc1OCCNC(=O)CCSCc1ccccc1. The van der Waals surface area contributed by atoms with Crippen molar-refractivity contribution in [2.24, 2.45) is 0 Å². The topological polar surface area (TPSA) is 38.3 Å². The fourth-order valence-corrected chi connectivity index (χ4v) is 3.36. The Balaban J connectivity index is 1.58. The molecular formula is C21H27NO2S. The summed E-state index contributed by atoms with van der Waals surface area (Å²) in [7, 11) is 0. The van der Waals surface area contributed by atoms with E-state index < -0.39 is 0 Å². The van der Waals surface area contributed by atoms with Gasteiger partial charge in [0.15, 0.2) is 0 Å². The monoisotopic (exact) mass is 357 g/mol. The van der Waals surface area contributed by atoms with Crippen molar-refractivity contribution in [2.75, 3.05) is 18.9 Å². The zero-order valence-corrected chi connectivity index (χ0v) is 15.9. The molecule has 0 aliphatic carbocycles. The van der Waals surface area contributed by atoms with Gasteiger partial charge in [0.25, 0.3) is 0 Å². The molecule has 0 spiro atoms. The molecule has 0 atom stereocenters. The van der Waals surface area contributed by atoms with Crippen molar-refractivity contribution in [1.82, 2.24) is 5.32 Å². The quantitative estimate of drug-likeness (QED) is 0.630. The van der Waals surface area contributed by atoms with Crippen LogP contribution in [0.4, 0.5) is 0 Å². The number of ether oxygens (including phenoxy) is 1. The van der Waals surface area contributed by atoms with Crippen LogP contribution in [0.5, 0.6) is 5.75 Å². The van der Waals surface area contributed by atoms with Crippen LogP contribution >= 0.6 is 11.8 Å². The molecule has 0 unspecified atom stereocenters. The Morgan fingerprint density at radius 3 is 2.56 bits per heavy atom. The molecule has 0 heterocycles. The Kier molecular flexibility index (Phi) is 8.40. The predicted molar refractivity (Wildman–Crippen MR) is 106 cm³/mol. The number of rotatable bonds is 10. The van der Waals surface area contributed by atoms with Crippen molar-refractivity contribution in [3.8, 4) is 5.75 Å². The first kappa shape index (κ1) is 19.4. The summed E-state index contributed by atoms with van der Waals surface area (Å²) in [4.78, 5) is 11.9. The Morgan fingerprint density at radius 1 is 1.08 bits per heavy atom. The summed E-state index contributed by atoms with van der Waals surface area (Å²) in [6.45, 7) is 5.33. The van der Waals surface area contributed by atoms with Gasteiger partial charge in [-0.2, -0.15) is 11.8 Å². The average molecular weight is 358 g/mol. The molecule has 4 heteroatoms. The highest BCUT2D eigenvalue weighted by atomic mass is 32.2. The van der Waals surface area contributed by atoms with Crippen LogP contribution in [0.25, 0.3) is 0 Å². The summed E-state index contributed by atoms with van der Waals surface area (Å²) in [6, 6.07) is 18.4. The number of hydrogen-bond acceptors (Lipinski definition) is 3. The van der Waals surface area contributed by atoms with Crippen LogP contribution in [0.1, 0.15) is 37.3 Å². The Hall–Kier alpha value is -1.94. The smallest absolute Gasteiger partial charge is 0.220 e. The second kappa shape index (κ2) is 10.8. The van der Waals surface area contributed by atoms with E-state index in [-0.39, 0.29) is 5.91 Å². The number of thioether (sulfide) groups is 1. The molecule has 0 aliphatic heterocycles. The van der Waals surface area contributed by atoms with Gasteiger partial charge in [-0.05, 0) is 23.1 Å². The summed E-state index contributed by atoms with van der Waals surface area (Å²) in [6.07, 6.45) is 0.542. The summed E-state index contributed by atoms with van der Waals surface area (Å²) >= 11 is 1.78. The van der Waals surface area contributed by atoms with Gasteiger partial charge in [0, 0.05) is 17.9 Å². The van der Waals surface area contributed by atoms with Crippen molar-refractivity contribution in [3.63, 3.8) is 0 Å². The van der Waals surface area contributed by atoms with Gasteiger partial charge < -0.3 is 10.1 Å². The van der Waals surface area contributed by atoms with E-state index in [2.05, 4.69) is 37.4 Å². The largest absolute Gasteiger partial charge is 0.491 e. The minimum atomic E-state index is 0.0845. The van der Waals surface area contributed by atoms with E-state index in [0.29, 0.717) is 25.5 Å². The number of hydrogen-bond donors (Lipinski definition) is 1. The lowest BCUT2D eigenvalue weighted by Crippen LogP contribution is -2.28. The normalized spacial score (nSPS) is 10.7. The molecule has 3 nitrogen and oxygen atoms in total. The third kappa shape index (κ3) is 7.22. The number of carbonyl (C=O) groups excluding carboxylic acids is 1. The van der Waals surface area contributed by atoms with Crippen LogP contribution in [-0.2, 0) is 10.5 Å². The number of benzene rings is 2. The van der Waals surface area contributed by atoms with Crippen molar-refractivity contribution >= 4 is 17.7 Å². The van der Waals surface area contributed by atoms with Crippen molar-refractivity contribution < 1.29 is 9.53 Å². The molecule has 2 rings (SSSR count). The molecular weight excluding hydrogens is 330 g/mol. The summed E-state index contributed by atoms with van der Waals surface area (Å²) < 4.78 is 5.81. The first-order valence-electron chi connectivity index (χ1n) is 8.77. The fraction of sp³-hybridized carbons (Fsp3) is 0.381. The van der Waals surface area contributed by atoms with Gasteiger partial charge in [0.2, 0.25) is 5.91 Å². The Labute approximate surface area is 155 Å². The van der Waals surface area contributed by atoms with Gasteiger partial charge in [-0.25, -0.2) is 0 Å². The lowest BCUT2D eigenvalue weighted by Gasteiger charge is -2.14. The molecule has 134 valence electrons. The highest BCUT2D eigenvalue weighted by Crippen LogP contribution is 2.25. The third-order valence-electron chi connectivity index (χ3n) is 3.81. The molecule has 0 saturated heterocycles. The summed E-state index contributed by atoms with van der Waals surface area (Å²) in [5, 5.41) is 2.92. The number of nitrogens with one attached hydrogen (secondary N) is 1. The molecule has 0 bridgehead atoms. The molecule has 0 fully saturated rings. The van der Waals surface area contributed by atoms with Gasteiger partial charge in [0.1, 0.15) is 12.4 Å². The van der Waals surface area contributed by atoms with Crippen LogP contribution in [0.2, 0.25) is 0 Å². The maximum atomic E-state index is 11.9. The molecule has 1 N–H and O–H groups in total. The second-order valence-electron chi connectivity index (χ2n) is 6.18. The highest BCUT2D eigenvalue weighted by Gasteiger charge is 2.07. The minimum absolute atomic E-state index is 0.0845. The van der Waals surface area contributed by atoms with Gasteiger partial charge >= 0.3 is 0 Å². The average Bonchev–Trinajstić information content (AvgIpc) is 2.63. The van der Waals surface area contributed by atoms with E-state index in [1.807, 2.05) is 36.4 Å². The molecule has 0 aromatic heterocycles. The molecule has 25 heavy (non-hydrogen) atoms. The standard InChI is InChI=1S/C21H27NO2S/c1-17(2)19-10-6-7-11-20(19)24-14-13-22-21(23)12-15-25-16-18-8-4-3-5-9-18/h3-11,17H,12-16H2,1-2H3,(H,22,23). The van der Waals surface area contributed by atoms with Gasteiger partial charge in [-0.3, -0.25) is 4.79 Å². The Morgan fingerprint density at radius 2 is 1.80 bits per heavy atom. The second-order valence-corrected chi connectivity index (χ2v) is 7.28. The lowest BCUT2D eigenvalue weighted by molar-refractivity contribution is -0.120. The molecule has 1 amide bonds.